The van der Waals surface area contributed by atoms with Crippen molar-refractivity contribution in [1.82, 2.24) is 10.2 Å². The lowest BCUT2D eigenvalue weighted by Crippen LogP contribution is -2.47. The molecule has 4 nitrogen and oxygen atoms in total. The minimum absolute atomic E-state index is 0.0122. The van der Waals surface area contributed by atoms with Crippen molar-refractivity contribution < 1.29 is 9.53 Å². The summed E-state index contributed by atoms with van der Waals surface area (Å²) in [6.07, 6.45) is 7.62. The molecule has 2 aliphatic rings. The fourth-order valence-electron chi connectivity index (χ4n) is 3.71. The van der Waals surface area contributed by atoms with Crippen LogP contribution in [0.2, 0.25) is 0 Å². The zero-order valence-corrected chi connectivity index (χ0v) is 13.4. The van der Waals surface area contributed by atoms with Gasteiger partial charge in [-0.15, -0.1) is 0 Å². The zero-order valence-electron chi connectivity index (χ0n) is 13.4. The molecule has 3 rings (SSSR count). The van der Waals surface area contributed by atoms with Crippen LogP contribution in [0.5, 0.6) is 5.75 Å². The molecule has 1 N–H and O–H groups in total. The maximum absolute atomic E-state index is 12.3. The number of ether oxygens (including phenoxy) is 1. The number of hydrogen-bond acceptors (Lipinski definition) is 3. The van der Waals surface area contributed by atoms with E-state index < -0.39 is 0 Å². The number of nitrogens with zero attached hydrogens (tertiary/aromatic N) is 1. The molecule has 1 aromatic carbocycles. The Morgan fingerprint density at radius 3 is 2.59 bits per heavy atom. The van der Waals surface area contributed by atoms with Crippen molar-refractivity contribution in [2.75, 3.05) is 20.2 Å². The van der Waals surface area contributed by atoms with E-state index in [1.807, 2.05) is 18.2 Å². The standard InChI is InChI=1S/C18H26N2O2/c1-22-17-8-4-5-14(13-17)18(21)19-15-9-11-20(12-10-15)16-6-2-3-7-16/h4-5,8,13,15-16H,2-3,6-7,9-12H2,1H3,(H,19,21). The van der Waals surface area contributed by atoms with Gasteiger partial charge in [0, 0.05) is 30.7 Å². The Morgan fingerprint density at radius 1 is 1.18 bits per heavy atom. The Balaban J connectivity index is 1.50. The molecule has 2 fully saturated rings. The summed E-state index contributed by atoms with van der Waals surface area (Å²) in [6.45, 7) is 2.24. The van der Waals surface area contributed by atoms with Gasteiger partial charge < -0.3 is 15.0 Å². The van der Waals surface area contributed by atoms with E-state index in [9.17, 15) is 4.79 Å². The second kappa shape index (κ2) is 7.14. The van der Waals surface area contributed by atoms with E-state index in [0.717, 1.165) is 37.7 Å². The summed E-state index contributed by atoms with van der Waals surface area (Å²) in [4.78, 5) is 15.0. The largest absolute Gasteiger partial charge is 0.497 e. The van der Waals surface area contributed by atoms with Gasteiger partial charge in [-0.2, -0.15) is 0 Å². The third kappa shape index (κ3) is 3.61. The first kappa shape index (κ1) is 15.3. The molecule has 1 heterocycles. The van der Waals surface area contributed by atoms with Crippen LogP contribution < -0.4 is 10.1 Å². The lowest BCUT2D eigenvalue weighted by Gasteiger charge is -2.36. The third-order valence-electron chi connectivity index (χ3n) is 5.04. The van der Waals surface area contributed by atoms with Crippen molar-refractivity contribution in [2.45, 2.75) is 50.6 Å². The van der Waals surface area contributed by atoms with Gasteiger partial charge in [-0.1, -0.05) is 18.9 Å². The van der Waals surface area contributed by atoms with Crippen molar-refractivity contribution in [3.8, 4) is 5.75 Å². The van der Waals surface area contributed by atoms with E-state index in [1.165, 1.54) is 25.7 Å². The first-order chi connectivity index (χ1) is 10.8. The fourth-order valence-corrected chi connectivity index (χ4v) is 3.71. The summed E-state index contributed by atoms with van der Waals surface area (Å²) in [7, 11) is 1.62. The smallest absolute Gasteiger partial charge is 0.251 e. The topological polar surface area (TPSA) is 41.6 Å². The molecule has 1 aromatic rings. The summed E-state index contributed by atoms with van der Waals surface area (Å²) in [5.41, 5.74) is 0.678. The summed E-state index contributed by atoms with van der Waals surface area (Å²) in [6, 6.07) is 8.45. The zero-order chi connectivity index (χ0) is 15.4. The summed E-state index contributed by atoms with van der Waals surface area (Å²) in [5.74, 6) is 0.738. The number of hydrogen-bond donors (Lipinski definition) is 1. The molecule has 4 heteroatoms. The number of carbonyl (C=O) groups excluding carboxylic acids is 1. The number of piperidine rings is 1. The van der Waals surface area contributed by atoms with Crippen LogP contribution in [0.25, 0.3) is 0 Å². The van der Waals surface area contributed by atoms with Gasteiger partial charge in [0.2, 0.25) is 0 Å². The van der Waals surface area contributed by atoms with Crippen molar-refractivity contribution >= 4 is 5.91 Å². The maximum atomic E-state index is 12.3. The molecular formula is C18H26N2O2. The highest BCUT2D eigenvalue weighted by molar-refractivity contribution is 5.94. The second-order valence-corrected chi connectivity index (χ2v) is 6.45. The van der Waals surface area contributed by atoms with Crippen LogP contribution in [-0.4, -0.2) is 43.1 Å². The molecule has 0 radical (unpaired) electrons. The highest BCUT2D eigenvalue weighted by Crippen LogP contribution is 2.26. The molecule has 0 atom stereocenters. The fraction of sp³-hybridized carbons (Fsp3) is 0.611. The molecule has 1 aliphatic carbocycles. The highest BCUT2D eigenvalue weighted by atomic mass is 16.5. The van der Waals surface area contributed by atoms with Gasteiger partial charge in [-0.25, -0.2) is 0 Å². The normalized spacial score (nSPS) is 21.0. The average molecular weight is 302 g/mol. The first-order valence-electron chi connectivity index (χ1n) is 8.45. The number of nitrogens with one attached hydrogen (secondary N) is 1. The van der Waals surface area contributed by atoms with Crippen LogP contribution in [0.15, 0.2) is 24.3 Å². The van der Waals surface area contributed by atoms with Gasteiger partial charge in [0.05, 0.1) is 7.11 Å². The van der Waals surface area contributed by atoms with Crippen molar-refractivity contribution in [1.29, 1.82) is 0 Å². The first-order valence-corrected chi connectivity index (χ1v) is 8.45. The van der Waals surface area contributed by atoms with Gasteiger partial charge in [0.15, 0.2) is 0 Å². The summed E-state index contributed by atoms with van der Waals surface area (Å²) < 4.78 is 5.18. The molecule has 0 bridgehead atoms. The monoisotopic (exact) mass is 302 g/mol. The lowest BCUT2D eigenvalue weighted by molar-refractivity contribution is 0.0892. The number of benzene rings is 1. The van der Waals surface area contributed by atoms with Crippen molar-refractivity contribution in [2.24, 2.45) is 0 Å². The molecule has 1 amide bonds. The summed E-state index contributed by atoms with van der Waals surface area (Å²) >= 11 is 0. The van der Waals surface area contributed by atoms with Crippen LogP contribution in [0.4, 0.5) is 0 Å². The van der Waals surface area contributed by atoms with E-state index in [0.29, 0.717) is 11.6 Å². The number of rotatable bonds is 4. The number of amides is 1. The van der Waals surface area contributed by atoms with Crippen LogP contribution in [-0.2, 0) is 0 Å². The van der Waals surface area contributed by atoms with Gasteiger partial charge >= 0.3 is 0 Å². The van der Waals surface area contributed by atoms with E-state index in [2.05, 4.69) is 10.2 Å². The Bertz CT molecular complexity index is 504. The minimum Gasteiger partial charge on any atom is -0.497 e. The molecule has 1 saturated carbocycles. The SMILES string of the molecule is COc1cccc(C(=O)NC2CCN(C3CCCC3)CC2)c1. The van der Waals surface area contributed by atoms with Crippen molar-refractivity contribution in [3.05, 3.63) is 29.8 Å². The Hall–Kier alpha value is -1.55. The maximum Gasteiger partial charge on any atom is 0.251 e. The minimum atomic E-state index is 0.0122. The van der Waals surface area contributed by atoms with E-state index in [1.54, 1.807) is 13.2 Å². The summed E-state index contributed by atoms with van der Waals surface area (Å²) in [5, 5.41) is 3.18. The van der Waals surface area contributed by atoms with E-state index >= 15 is 0 Å². The predicted molar refractivity (Wildman–Crippen MR) is 87.3 cm³/mol. The van der Waals surface area contributed by atoms with Gasteiger partial charge in [0.25, 0.3) is 5.91 Å². The van der Waals surface area contributed by atoms with Crippen molar-refractivity contribution in [3.63, 3.8) is 0 Å². The number of methoxy groups -OCH3 is 1. The molecule has 22 heavy (non-hydrogen) atoms. The lowest BCUT2D eigenvalue weighted by atomic mass is 10.0. The molecule has 1 saturated heterocycles. The molecule has 0 aromatic heterocycles. The quantitative estimate of drug-likeness (QED) is 0.930. The van der Waals surface area contributed by atoms with Crippen LogP contribution in [0.3, 0.4) is 0 Å². The molecule has 0 unspecified atom stereocenters. The van der Waals surface area contributed by atoms with E-state index in [4.69, 9.17) is 4.74 Å². The Morgan fingerprint density at radius 2 is 1.91 bits per heavy atom. The van der Waals surface area contributed by atoms with Crippen LogP contribution in [0.1, 0.15) is 48.9 Å². The Labute approximate surface area is 132 Å². The predicted octanol–water partition coefficient (Wildman–Crippen LogP) is 2.83. The van der Waals surface area contributed by atoms with E-state index in [-0.39, 0.29) is 5.91 Å². The second-order valence-electron chi connectivity index (χ2n) is 6.45. The molecule has 0 spiro atoms. The average Bonchev–Trinajstić information content (AvgIpc) is 3.10. The van der Waals surface area contributed by atoms with Gasteiger partial charge in [-0.3, -0.25) is 4.79 Å². The van der Waals surface area contributed by atoms with Crippen LogP contribution in [0, 0.1) is 0 Å². The van der Waals surface area contributed by atoms with Crippen LogP contribution >= 0.6 is 0 Å². The van der Waals surface area contributed by atoms with Gasteiger partial charge in [0.1, 0.15) is 5.75 Å². The third-order valence-corrected chi connectivity index (χ3v) is 5.04. The molecular weight excluding hydrogens is 276 g/mol. The number of carbonyl (C=O) groups is 1. The number of likely N-dealkylation sites (tertiary alicyclic amines) is 1. The van der Waals surface area contributed by atoms with Gasteiger partial charge in [-0.05, 0) is 43.9 Å². The highest BCUT2D eigenvalue weighted by Gasteiger charge is 2.27. The Kier molecular flexibility index (Phi) is 4.98. The molecule has 1 aliphatic heterocycles. The molecule has 120 valence electrons.